The summed E-state index contributed by atoms with van der Waals surface area (Å²) in [6, 6.07) is 0.428. The van der Waals surface area contributed by atoms with E-state index in [1.807, 2.05) is 0 Å². The van der Waals surface area contributed by atoms with Crippen molar-refractivity contribution >= 4 is 5.91 Å². The van der Waals surface area contributed by atoms with Crippen molar-refractivity contribution in [2.75, 3.05) is 26.3 Å². The van der Waals surface area contributed by atoms with E-state index < -0.39 is 0 Å². The molecule has 17 heavy (non-hydrogen) atoms. The number of hydrogen-bond donors (Lipinski definition) is 1. The van der Waals surface area contributed by atoms with Crippen LogP contribution < -0.4 is 5.32 Å². The third-order valence-corrected chi connectivity index (χ3v) is 4.13. The van der Waals surface area contributed by atoms with Gasteiger partial charge >= 0.3 is 0 Å². The zero-order valence-corrected chi connectivity index (χ0v) is 10.9. The van der Waals surface area contributed by atoms with Gasteiger partial charge < -0.3 is 15.0 Å². The smallest absolute Gasteiger partial charge is 0.240 e. The molecule has 1 N–H and O–H groups in total. The third kappa shape index (κ3) is 2.80. The number of rotatable bonds is 4. The van der Waals surface area contributed by atoms with E-state index in [-0.39, 0.29) is 6.04 Å². The zero-order chi connectivity index (χ0) is 12.3. The summed E-state index contributed by atoms with van der Waals surface area (Å²) < 4.78 is 5.38. The van der Waals surface area contributed by atoms with Crippen LogP contribution in [0, 0.1) is 5.92 Å². The van der Waals surface area contributed by atoms with Gasteiger partial charge in [0.15, 0.2) is 0 Å². The van der Waals surface area contributed by atoms with Gasteiger partial charge in [-0.2, -0.15) is 0 Å². The minimum atomic E-state index is 0.0577. The monoisotopic (exact) mass is 240 g/mol. The summed E-state index contributed by atoms with van der Waals surface area (Å²) in [6.45, 7) is 7.74. The number of likely N-dealkylation sites (tertiary alicyclic amines) is 1. The minimum Gasteiger partial charge on any atom is -0.381 e. The number of amides is 1. The summed E-state index contributed by atoms with van der Waals surface area (Å²) in [5, 5.41) is 3.27. The lowest BCUT2D eigenvalue weighted by molar-refractivity contribution is -0.132. The van der Waals surface area contributed by atoms with Crippen LogP contribution in [0.5, 0.6) is 0 Å². The molecular weight excluding hydrogens is 216 g/mol. The van der Waals surface area contributed by atoms with Crippen molar-refractivity contribution in [3.63, 3.8) is 0 Å². The molecule has 0 aromatic rings. The number of carbonyl (C=O) groups excluding carboxylic acids is 1. The third-order valence-electron chi connectivity index (χ3n) is 4.13. The molecule has 98 valence electrons. The Morgan fingerprint density at radius 1 is 1.41 bits per heavy atom. The topological polar surface area (TPSA) is 41.6 Å². The van der Waals surface area contributed by atoms with E-state index in [0.717, 1.165) is 45.6 Å². The number of nitrogens with one attached hydrogen (secondary N) is 1. The van der Waals surface area contributed by atoms with Crippen molar-refractivity contribution in [3.05, 3.63) is 0 Å². The van der Waals surface area contributed by atoms with Gasteiger partial charge in [-0.25, -0.2) is 0 Å². The Morgan fingerprint density at radius 2 is 2.12 bits per heavy atom. The molecule has 0 spiro atoms. The fourth-order valence-corrected chi connectivity index (χ4v) is 2.99. The molecule has 0 aliphatic carbocycles. The van der Waals surface area contributed by atoms with Crippen LogP contribution in [0.1, 0.15) is 33.1 Å². The fraction of sp³-hybridized carbons (Fsp3) is 0.923. The molecule has 2 aliphatic heterocycles. The van der Waals surface area contributed by atoms with Gasteiger partial charge in [-0.3, -0.25) is 4.79 Å². The maximum Gasteiger partial charge on any atom is 0.240 e. The molecule has 2 unspecified atom stereocenters. The van der Waals surface area contributed by atoms with Crippen molar-refractivity contribution < 1.29 is 9.53 Å². The van der Waals surface area contributed by atoms with Crippen molar-refractivity contribution in [1.29, 1.82) is 0 Å². The summed E-state index contributed by atoms with van der Waals surface area (Å²) in [5.74, 6) is 0.916. The second-order valence-electron chi connectivity index (χ2n) is 5.12. The summed E-state index contributed by atoms with van der Waals surface area (Å²) in [4.78, 5) is 14.3. The van der Waals surface area contributed by atoms with Crippen molar-refractivity contribution in [2.24, 2.45) is 5.92 Å². The quantitative estimate of drug-likeness (QED) is 0.797. The highest BCUT2D eigenvalue weighted by Crippen LogP contribution is 2.26. The lowest BCUT2D eigenvalue weighted by Crippen LogP contribution is -2.45. The first-order valence-electron chi connectivity index (χ1n) is 6.85. The number of likely N-dealkylation sites (N-methyl/N-ethyl adjacent to an activating group) is 1. The van der Waals surface area contributed by atoms with Crippen LogP contribution in [0.3, 0.4) is 0 Å². The Kier molecular flexibility index (Phi) is 4.40. The zero-order valence-electron chi connectivity index (χ0n) is 10.9. The van der Waals surface area contributed by atoms with Crippen LogP contribution in [-0.4, -0.2) is 49.2 Å². The van der Waals surface area contributed by atoms with Crippen LogP contribution in [-0.2, 0) is 9.53 Å². The Morgan fingerprint density at radius 3 is 2.76 bits per heavy atom. The molecule has 4 heteroatoms. The Bertz CT molecular complexity index is 264. The first-order valence-corrected chi connectivity index (χ1v) is 6.85. The summed E-state index contributed by atoms with van der Waals surface area (Å²) >= 11 is 0. The Balaban J connectivity index is 1.91. The van der Waals surface area contributed by atoms with Crippen LogP contribution in [0.25, 0.3) is 0 Å². The van der Waals surface area contributed by atoms with Crippen LogP contribution in [0.4, 0.5) is 0 Å². The highest BCUT2D eigenvalue weighted by atomic mass is 16.5. The molecule has 2 saturated heterocycles. The molecule has 1 amide bonds. The molecular formula is C13H24N2O2. The normalized spacial score (nSPS) is 28.7. The standard InChI is InChI=1S/C13H24N2O2/c1-3-14-12-4-7-15(13(12)16)10(2)11-5-8-17-9-6-11/h10-12,14H,3-9H2,1-2H3. The van der Waals surface area contributed by atoms with Crippen molar-refractivity contribution in [1.82, 2.24) is 10.2 Å². The molecule has 0 bridgehead atoms. The highest BCUT2D eigenvalue weighted by Gasteiger charge is 2.36. The predicted octanol–water partition coefficient (Wildman–Crippen LogP) is 1.01. The highest BCUT2D eigenvalue weighted by molar-refractivity contribution is 5.84. The molecule has 2 aliphatic rings. The molecule has 2 heterocycles. The van der Waals surface area contributed by atoms with Crippen molar-refractivity contribution in [3.8, 4) is 0 Å². The average molecular weight is 240 g/mol. The first kappa shape index (κ1) is 12.8. The van der Waals surface area contributed by atoms with Gasteiger partial charge in [-0.15, -0.1) is 0 Å². The number of hydrogen-bond acceptors (Lipinski definition) is 3. The Labute approximate surface area is 104 Å². The number of ether oxygens (including phenoxy) is 1. The second kappa shape index (κ2) is 5.83. The second-order valence-corrected chi connectivity index (χ2v) is 5.12. The molecule has 0 radical (unpaired) electrons. The van der Waals surface area contributed by atoms with Crippen LogP contribution >= 0.6 is 0 Å². The molecule has 0 aromatic carbocycles. The summed E-state index contributed by atoms with van der Waals surface area (Å²) in [6.07, 6.45) is 3.15. The van der Waals surface area contributed by atoms with Gasteiger partial charge in [-0.05, 0) is 38.6 Å². The van der Waals surface area contributed by atoms with E-state index in [1.54, 1.807) is 0 Å². The van der Waals surface area contributed by atoms with E-state index >= 15 is 0 Å². The summed E-state index contributed by atoms with van der Waals surface area (Å²) in [7, 11) is 0. The molecule has 0 aromatic heterocycles. The first-order chi connectivity index (χ1) is 8.24. The molecule has 0 saturated carbocycles. The number of nitrogens with zero attached hydrogens (tertiary/aromatic N) is 1. The molecule has 4 nitrogen and oxygen atoms in total. The van der Waals surface area contributed by atoms with Gasteiger partial charge in [-0.1, -0.05) is 6.92 Å². The average Bonchev–Trinajstić information content (AvgIpc) is 2.72. The summed E-state index contributed by atoms with van der Waals surface area (Å²) in [5.41, 5.74) is 0. The lowest BCUT2D eigenvalue weighted by atomic mass is 9.92. The van der Waals surface area contributed by atoms with E-state index in [4.69, 9.17) is 4.74 Å². The minimum absolute atomic E-state index is 0.0577. The van der Waals surface area contributed by atoms with Gasteiger partial charge in [0.05, 0.1) is 6.04 Å². The maximum atomic E-state index is 12.2. The lowest BCUT2D eigenvalue weighted by Gasteiger charge is -2.34. The van der Waals surface area contributed by atoms with Crippen molar-refractivity contribution in [2.45, 2.75) is 45.2 Å². The SMILES string of the molecule is CCNC1CCN(C(C)C2CCOCC2)C1=O. The van der Waals surface area contributed by atoms with Gasteiger partial charge in [0, 0.05) is 25.8 Å². The van der Waals surface area contributed by atoms with Crippen LogP contribution in [0.15, 0.2) is 0 Å². The van der Waals surface area contributed by atoms with E-state index in [0.29, 0.717) is 17.9 Å². The van der Waals surface area contributed by atoms with Gasteiger partial charge in [0.1, 0.15) is 0 Å². The molecule has 2 rings (SSSR count). The molecule has 2 fully saturated rings. The largest absolute Gasteiger partial charge is 0.381 e. The van der Waals surface area contributed by atoms with E-state index in [2.05, 4.69) is 24.1 Å². The van der Waals surface area contributed by atoms with Gasteiger partial charge in [0.2, 0.25) is 5.91 Å². The molecule has 2 atom stereocenters. The number of carbonyl (C=O) groups is 1. The fourth-order valence-electron chi connectivity index (χ4n) is 2.99. The van der Waals surface area contributed by atoms with Gasteiger partial charge in [0.25, 0.3) is 0 Å². The predicted molar refractivity (Wildman–Crippen MR) is 66.8 cm³/mol. The Hall–Kier alpha value is -0.610. The van der Waals surface area contributed by atoms with E-state index in [9.17, 15) is 4.79 Å². The van der Waals surface area contributed by atoms with E-state index in [1.165, 1.54) is 0 Å². The maximum absolute atomic E-state index is 12.2. The van der Waals surface area contributed by atoms with Crippen LogP contribution in [0.2, 0.25) is 0 Å².